The smallest absolute Gasteiger partial charge is 0.243 e. The molecule has 2 heterocycles. The Bertz CT molecular complexity index is 1240. The summed E-state index contributed by atoms with van der Waals surface area (Å²) in [7, 11) is -2.26. The number of methoxy groups -OCH3 is 1. The summed E-state index contributed by atoms with van der Waals surface area (Å²) in [5.74, 6) is -9.91. The Hall–Kier alpha value is -2.51. The molecule has 0 aromatic heterocycles. The molecule has 0 amide bonds. The number of nitrogens with one attached hydrogen (secondary N) is 1. The number of anilines is 1. The molecule has 0 saturated carbocycles. The zero-order chi connectivity index (χ0) is 25.5. The van der Waals surface area contributed by atoms with Crippen LogP contribution in [0, 0.1) is 34.5 Å². The summed E-state index contributed by atoms with van der Waals surface area (Å²) in [4.78, 5) is 1.73. The van der Waals surface area contributed by atoms with Crippen molar-refractivity contribution < 1.29 is 35.1 Å². The van der Waals surface area contributed by atoms with Crippen molar-refractivity contribution in [3.05, 3.63) is 53.4 Å². The van der Waals surface area contributed by atoms with E-state index in [1.807, 2.05) is 0 Å². The molecule has 2 aliphatic rings. The first-order valence-electron chi connectivity index (χ1n) is 10.7. The van der Waals surface area contributed by atoms with E-state index in [1.54, 1.807) is 17.0 Å². The molecule has 190 valence electrons. The number of thiocarbonyl (C=S) groups is 1. The molecule has 35 heavy (non-hydrogen) atoms. The summed E-state index contributed by atoms with van der Waals surface area (Å²) in [6, 6.07) is 6.22. The molecule has 1 N–H and O–H groups in total. The largest absolute Gasteiger partial charge is 0.497 e. The highest BCUT2D eigenvalue weighted by atomic mass is 32.2. The third-order valence-corrected chi connectivity index (χ3v) is 8.88. The van der Waals surface area contributed by atoms with Crippen LogP contribution in [0.4, 0.5) is 27.6 Å². The van der Waals surface area contributed by atoms with E-state index in [4.69, 9.17) is 17.0 Å². The average molecular weight is 536 g/mol. The molecular weight excluding hydrogens is 513 g/mol. The van der Waals surface area contributed by atoms with Crippen LogP contribution in [0.25, 0.3) is 0 Å². The van der Waals surface area contributed by atoms with Gasteiger partial charge in [-0.05, 0) is 49.0 Å². The standard InChI is InChI=1S/C22H22F5N3O3S2/c1-33-13-3-2-4-14(11-13)35(31,32)30-9-6-22(7-10-30)5-8-29(12-22)21(34)28-20-18(26)16(24)15(23)17(25)19(20)27/h2-4,11H,5-10,12H2,1H3,(H,28,34). The van der Waals surface area contributed by atoms with Crippen molar-refractivity contribution in [1.29, 1.82) is 0 Å². The molecule has 2 aliphatic heterocycles. The molecule has 2 aromatic carbocycles. The second-order valence-corrected chi connectivity index (χ2v) is 11.0. The normalized spacial score (nSPS) is 18.2. The van der Waals surface area contributed by atoms with Gasteiger partial charge in [0, 0.05) is 32.2 Å². The molecule has 2 saturated heterocycles. The Morgan fingerprint density at radius 2 is 1.54 bits per heavy atom. The van der Waals surface area contributed by atoms with Gasteiger partial charge in [-0.1, -0.05) is 6.07 Å². The van der Waals surface area contributed by atoms with Crippen molar-refractivity contribution in [2.75, 3.05) is 38.6 Å². The van der Waals surface area contributed by atoms with Crippen LogP contribution in [-0.4, -0.2) is 56.0 Å². The number of hydrogen-bond acceptors (Lipinski definition) is 4. The van der Waals surface area contributed by atoms with E-state index in [9.17, 15) is 30.4 Å². The van der Waals surface area contributed by atoms with Gasteiger partial charge in [-0.2, -0.15) is 4.31 Å². The zero-order valence-electron chi connectivity index (χ0n) is 18.6. The van der Waals surface area contributed by atoms with Crippen LogP contribution in [0.5, 0.6) is 5.75 Å². The Balaban J connectivity index is 1.42. The molecule has 0 aliphatic carbocycles. The van der Waals surface area contributed by atoms with E-state index in [0.29, 0.717) is 38.1 Å². The highest BCUT2D eigenvalue weighted by Gasteiger charge is 2.44. The molecule has 2 aromatic rings. The molecule has 0 unspecified atom stereocenters. The van der Waals surface area contributed by atoms with E-state index in [2.05, 4.69) is 5.32 Å². The van der Waals surface area contributed by atoms with Gasteiger partial charge in [0.1, 0.15) is 11.4 Å². The predicted molar refractivity (Wildman–Crippen MR) is 122 cm³/mol. The van der Waals surface area contributed by atoms with Crippen LogP contribution in [0.15, 0.2) is 29.2 Å². The molecule has 4 rings (SSSR count). The van der Waals surface area contributed by atoms with Crippen LogP contribution in [0.3, 0.4) is 0 Å². The molecule has 0 bridgehead atoms. The van der Waals surface area contributed by atoms with E-state index < -0.39 is 44.8 Å². The van der Waals surface area contributed by atoms with Gasteiger partial charge < -0.3 is 15.0 Å². The zero-order valence-corrected chi connectivity index (χ0v) is 20.2. The second kappa shape index (κ2) is 9.51. The van der Waals surface area contributed by atoms with Crippen molar-refractivity contribution >= 4 is 33.0 Å². The predicted octanol–water partition coefficient (Wildman–Crippen LogP) is 4.26. The van der Waals surface area contributed by atoms with E-state index in [1.165, 1.54) is 23.5 Å². The second-order valence-electron chi connectivity index (χ2n) is 8.63. The Labute approximate surface area is 204 Å². The van der Waals surface area contributed by atoms with Gasteiger partial charge in [0.15, 0.2) is 28.4 Å². The van der Waals surface area contributed by atoms with Crippen molar-refractivity contribution in [2.24, 2.45) is 5.41 Å². The molecule has 1 spiro atoms. The Morgan fingerprint density at radius 1 is 0.971 bits per heavy atom. The van der Waals surface area contributed by atoms with Crippen molar-refractivity contribution in [3.63, 3.8) is 0 Å². The minimum Gasteiger partial charge on any atom is -0.497 e. The minimum absolute atomic E-state index is 0.133. The number of halogens is 5. The lowest BCUT2D eigenvalue weighted by Crippen LogP contribution is -2.45. The molecule has 6 nitrogen and oxygen atoms in total. The van der Waals surface area contributed by atoms with Crippen molar-refractivity contribution in [2.45, 2.75) is 24.2 Å². The van der Waals surface area contributed by atoms with E-state index >= 15 is 0 Å². The summed E-state index contributed by atoms with van der Waals surface area (Å²) in [6.45, 7) is 1.29. The molecule has 13 heteroatoms. The number of likely N-dealkylation sites (tertiary alicyclic amines) is 1. The SMILES string of the molecule is COc1cccc(S(=O)(=O)N2CCC3(CCN(C(=S)Nc4c(F)c(F)c(F)c(F)c4F)C3)CC2)c1. The van der Waals surface area contributed by atoms with E-state index in [0.717, 1.165) is 0 Å². The highest BCUT2D eigenvalue weighted by Crippen LogP contribution is 2.42. The number of benzene rings is 2. The summed E-state index contributed by atoms with van der Waals surface area (Å²) in [5.41, 5.74) is -1.49. The number of piperidine rings is 1. The third kappa shape index (κ3) is 4.68. The molecular formula is C22H22F5N3O3S2. The summed E-state index contributed by atoms with van der Waals surface area (Å²) in [6.07, 6.45) is 1.69. The number of nitrogens with zero attached hydrogens (tertiary/aromatic N) is 2. The molecule has 0 atom stereocenters. The summed E-state index contributed by atoms with van der Waals surface area (Å²) in [5, 5.41) is 1.99. The lowest BCUT2D eigenvalue weighted by atomic mass is 9.78. The van der Waals surface area contributed by atoms with Crippen LogP contribution in [-0.2, 0) is 10.0 Å². The number of ether oxygens (including phenoxy) is 1. The first-order chi connectivity index (χ1) is 16.5. The van der Waals surface area contributed by atoms with Crippen LogP contribution in [0.2, 0.25) is 0 Å². The Kier molecular flexibility index (Phi) is 6.95. The fourth-order valence-corrected chi connectivity index (χ4v) is 6.26. The van der Waals surface area contributed by atoms with Crippen LogP contribution in [0.1, 0.15) is 19.3 Å². The minimum atomic E-state index is -3.72. The van der Waals surface area contributed by atoms with E-state index in [-0.39, 0.29) is 28.5 Å². The monoisotopic (exact) mass is 535 g/mol. The van der Waals surface area contributed by atoms with Gasteiger partial charge in [0.25, 0.3) is 0 Å². The lowest BCUT2D eigenvalue weighted by Gasteiger charge is -2.38. The van der Waals surface area contributed by atoms with Crippen LogP contribution < -0.4 is 10.1 Å². The van der Waals surface area contributed by atoms with Gasteiger partial charge in [-0.25, -0.2) is 30.4 Å². The number of sulfonamides is 1. The maximum Gasteiger partial charge on any atom is 0.243 e. The lowest BCUT2D eigenvalue weighted by molar-refractivity contribution is 0.167. The fourth-order valence-electron chi connectivity index (χ4n) is 4.53. The third-order valence-electron chi connectivity index (χ3n) is 6.63. The van der Waals surface area contributed by atoms with Crippen molar-refractivity contribution in [1.82, 2.24) is 9.21 Å². The van der Waals surface area contributed by atoms with Gasteiger partial charge in [0.05, 0.1) is 12.0 Å². The summed E-state index contributed by atoms with van der Waals surface area (Å²) >= 11 is 5.18. The Morgan fingerprint density at radius 3 is 2.14 bits per heavy atom. The number of rotatable bonds is 4. The van der Waals surface area contributed by atoms with Gasteiger partial charge >= 0.3 is 0 Å². The van der Waals surface area contributed by atoms with Crippen molar-refractivity contribution in [3.8, 4) is 5.75 Å². The first kappa shape index (κ1) is 25.6. The van der Waals surface area contributed by atoms with Gasteiger partial charge in [0.2, 0.25) is 15.8 Å². The average Bonchev–Trinajstić information content (AvgIpc) is 3.27. The molecule has 2 fully saturated rings. The first-order valence-corrected chi connectivity index (χ1v) is 12.6. The topological polar surface area (TPSA) is 61.9 Å². The fraction of sp³-hybridized carbons (Fsp3) is 0.409. The quantitative estimate of drug-likeness (QED) is 0.273. The maximum absolute atomic E-state index is 14.0. The van der Waals surface area contributed by atoms with Gasteiger partial charge in [-0.3, -0.25) is 0 Å². The van der Waals surface area contributed by atoms with Crippen LogP contribution >= 0.6 is 12.2 Å². The van der Waals surface area contributed by atoms with Gasteiger partial charge in [-0.15, -0.1) is 0 Å². The molecule has 0 radical (unpaired) electrons. The maximum atomic E-state index is 14.0. The highest BCUT2D eigenvalue weighted by molar-refractivity contribution is 7.89. The summed E-state index contributed by atoms with van der Waals surface area (Å²) < 4.78 is 101. The number of hydrogen-bond donors (Lipinski definition) is 1.